The summed E-state index contributed by atoms with van der Waals surface area (Å²) in [4.78, 5) is 4.57. The second-order valence-electron chi connectivity index (χ2n) is 5.33. The predicted octanol–water partition coefficient (Wildman–Crippen LogP) is 1.73. The van der Waals surface area contributed by atoms with Crippen LogP contribution in [0.3, 0.4) is 0 Å². The maximum atomic E-state index is 4.57. The molecule has 0 aromatic carbocycles. The van der Waals surface area contributed by atoms with Gasteiger partial charge in [0, 0.05) is 42.5 Å². The van der Waals surface area contributed by atoms with E-state index in [0.717, 1.165) is 11.3 Å². The molecule has 0 fully saturated rings. The monoisotopic (exact) mass is 268 g/mol. The normalized spacial score (nSPS) is 31.5. The predicted molar refractivity (Wildman–Crippen MR) is 83.1 cm³/mol. The fourth-order valence-corrected chi connectivity index (χ4v) is 2.26. The summed E-state index contributed by atoms with van der Waals surface area (Å²) in [5.41, 5.74) is 3.26. The highest BCUT2D eigenvalue weighted by atomic mass is 15.0. The topological polar surface area (TPSA) is 48.5 Å². The first kappa shape index (κ1) is 12.8. The molecule has 3 aliphatic heterocycles. The van der Waals surface area contributed by atoms with Crippen LogP contribution in [0.4, 0.5) is 0 Å². The second kappa shape index (κ2) is 5.41. The Kier molecular flexibility index (Phi) is 3.46. The quantitative estimate of drug-likeness (QED) is 0.715. The van der Waals surface area contributed by atoms with Crippen molar-refractivity contribution in [2.24, 2.45) is 4.99 Å². The van der Waals surface area contributed by atoms with Crippen molar-refractivity contribution in [3.63, 3.8) is 0 Å². The Hall–Kier alpha value is -2.23. The van der Waals surface area contributed by atoms with Crippen LogP contribution in [0.1, 0.15) is 13.8 Å². The minimum atomic E-state index is 0.134. The molecule has 3 heterocycles. The van der Waals surface area contributed by atoms with E-state index in [0.29, 0.717) is 12.1 Å². The van der Waals surface area contributed by atoms with Crippen LogP contribution in [-0.4, -0.2) is 24.3 Å². The van der Waals surface area contributed by atoms with Crippen LogP contribution >= 0.6 is 0 Å². The summed E-state index contributed by atoms with van der Waals surface area (Å²) in [6, 6.07) is 0.921. The number of nitrogens with zero attached hydrogens (tertiary/aromatic N) is 1. The zero-order chi connectivity index (χ0) is 13.9. The highest BCUT2D eigenvalue weighted by molar-refractivity contribution is 5.74. The number of dihydropyridines is 2. The van der Waals surface area contributed by atoms with Gasteiger partial charge in [-0.1, -0.05) is 24.3 Å². The lowest BCUT2D eigenvalue weighted by molar-refractivity contribution is 0.728. The van der Waals surface area contributed by atoms with Crippen molar-refractivity contribution in [3.8, 4) is 0 Å². The minimum Gasteiger partial charge on any atom is -0.385 e. The fraction of sp³-hybridized carbons (Fsp3) is 0.312. The molecule has 0 amide bonds. The summed E-state index contributed by atoms with van der Waals surface area (Å²) in [6.07, 6.45) is 16.5. The molecule has 0 radical (unpaired) electrons. The van der Waals surface area contributed by atoms with Crippen molar-refractivity contribution >= 4 is 6.21 Å². The lowest BCUT2D eigenvalue weighted by atomic mass is 10.0. The van der Waals surface area contributed by atoms with E-state index in [2.05, 4.69) is 65.3 Å². The number of nitrogens with one attached hydrogen (secondary N) is 3. The molecule has 0 aromatic heterocycles. The van der Waals surface area contributed by atoms with E-state index in [-0.39, 0.29) is 6.04 Å². The van der Waals surface area contributed by atoms with Gasteiger partial charge in [0.25, 0.3) is 0 Å². The first-order valence-electron chi connectivity index (χ1n) is 7.02. The number of allylic oxidation sites excluding steroid dienone is 1. The maximum absolute atomic E-state index is 4.57. The van der Waals surface area contributed by atoms with Crippen molar-refractivity contribution in [2.75, 3.05) is 0 Å². The Morgan fingerprint density at radius 3 is 2.20 bits per heavy atom. The largest absolute Gasteiger partial charge is 0.385 e. The van der Waals surface area contributed by atoms with Gasteiger partial charge in [0.1, 0.15) is 0 Å². The Labute approximate surface area is 119 Å². The van der Waals surface area contributed by atoms with Crippen LogP contribution in [-0.2, 0) is 0 Å². The lowest BCUT2D eigenvalue weighted by Gasteiger charge is -2.23. The number of rotatable bonds is 2. The van der Waals surface area contributed by atoms with Gasteiger partial charge in [0.15, 0.2) is 0 Å². The van der Waals surface area contributed by atoms with Crippen LogP contribution < -0.4 is 16.0 Å². The highest BCUT2D eigenvalue weighted by Crippen LogP contribution is 2.19. The van der Waals surface area contributed by atoms with Crippen molar-refractivity contribution in [2.45, 2.75) is 32.0 Å². The summed E-state index contributed by atoms with van der Waals surface area (Å²) in [5.74, 6) is 0. The molecule has 3 aliphatic rings. The van der Waals surface area contributed by atoms with Crippen LogP contribution in [0.2, 0.25) is 0 Å². The second-order valence-corrected chi connectivity index (χ2v) is 5.33. The summed E-state index contributed by atoms with van der Waals surface area (Å²) < 4.78 is 0. The van der Waals surface area contributed by atoms with E-state index in [1.807, 2.05) is 18.6 Å². The van der Waals surface area contributed by atoms with Gasteiger partial charge in [0.2, 0.25) is 0 Å². The van der Waals surface area contributed by atoms with E-state index in [1.165, 1.54) is 5.57 Å². The summed E-state index contributed by atoms with van der Waals surface area (Å²) in [7, 11) is 0. The average Bonchev–Trinajstić information content (AvgIpc) is 2.49. The first-order valence-corrected chi connectivity index (χ1v) is 7.02. The molecule has 0 saturated heterocycles. The molecule has 0 saturated carbocycles. The summed E-state index contributed by atoms with van der Waals surface area (Å²) >= 11 is 0. The Morgan fingerprint density at radius 1 is 0.900 bits per heavy atom. The highest BCUT2D eigenvalue weighted by Gasteiger charge is 2.16. The van der Waals surface area contributed by atoms with E-state index < -0.39 is 0 Å². The van der Waals surface area contributed by atoms with Crippen molar-refractivity contribution in [1.82, 2.24) is 16.0 Å². The molecule has 4 nitrogen and oxygen atoms in total. The minimum absolute atomic E-state index is 0.134. The van der Waals surface area contributed by atoms with Crippen LogP contribution in [0, 0.1) is 0 Å². The molecule has 104 valence electrons. The third-order valence-electron chi connectivity index (χ3n) is 3.57. The molecule has 3 unspecified atom stereocenters. The third kappa shape index (κ3) is 2.69. The van der Waals surface area contributed by atoms with E-state index >= 15 is 0 Å². The van der Waals surface area contributed by atoms with Crippen LogP contribution in [0.15, 0.2) is 64.7 Å². The molecule has 0 aliphatic carbocycles. The van der Waals surface area contributed by atoms with Crippen LogP contribution in [0.25, 0.3) is 0 Å². The average molecular weight is 268 g/mol. The van der Waals surface area contributed by atoms with Gasteiger partial charge in [-0.25, -0.2) is 0 Å². The molecule has 20 heavy (non-hydrogen) atoms. The third-order valence-corrected chi connectivity index (χ3v) is 3.57. The number of aliphatic imine (C=N–C) groups is 1. The standard InChI is InChI=1S/C16H20N4/c1-11-3-5-13(7-17-11)15-9-20-16(10-19-15)14-6-4-12(2)18-8-14/h3-12,15,17-19H,1-2H3. The Bertz CT molecular complexity index is 563. The molecule has 3 rings (SSSR count). The maximum Gasteiger partial charge on any atom is 0.0880 e. The number of hydrogen-bond acceptors (Lipinski definition) is 4. The van der Waals surface area contributed by atoms with E-state index in [1.54, 1.807) is 0 Å². The first-order chi connectivity index (χ1) is 9.72. The summed E-state index contributed by atoms with van der Waals surface area (Å²) in [6.45, 7) is 4.24. The van der Waals surface area contributed by atoms with E-state index in [9.17, 15) is 0 Å². The molecule has 3 atom stereocenters. The molecule has 0 aromatic rings. The zero-order valence-corrected chi connectivity index (χ0v) is 11.8. The molecule has 0 bridgehead atoms. The lowest BCUT2D eigenvalue weighted by Crippen LogP contribution is -2.34. The molecular formula is C16H20N4. The Morgan fingerprint density at radius 2 is 1.65 bits per heavy atom. The number of hydrogen-bond donors (Lipinski definition) is 3. The van der Waals surface area contributed by atoms with E-state index in [4.69, 9.17) is 0 Å². The smallest absolute Gasteiger partial charge is 0.0880 e. The summed E-state index contributed by atoms with van der Waals surface area (Å²) in [5, 5.41) is 9.98. The SMILES string of the molecule is CC1C=CC(C2=CNC(C3=CNC(C)C=C3)C=N2)=CN1. The molecule has 4 heteroatoms. The van der Waals surface area contributed by atoms with Gasteiger partial charge in [-0.15, -0.1) is 0 Å². The van der Waals surface area contributed by atoms with Crippen LogP contribution in [0.5, 0.6) is 0 Å². The van der Waals surface area contributed by atoms with Gasteiger partial charge in [-0.05, 0) is 19.4 Å². The van der Waals surface area contributed by atoms with Gasteiger partial charge in [0.05, 0.1) is 11.7 Å². The Balaban J connectivity index is 1.66. The van der Waals surface area contributed by atoms with Crippen molar-refractivity contribution < 1.29 is 0 Å². The fourth-order valence-electron chi connectivity index (χ4n) is 2.26. The van der Waals surface area contributed by atoms with Gasteiger partial charge >= 0.3 is 0 Å². The zero-order valence-electron chi connectivity index (χ0n) is 11.8. The van der Waals surface area contributed by atoms with Crippen molar-refractivity contribution in [1.29, 1.82) is 0 Å². The van der Waals surface area contributed by atoms with Gasteiger partial charge in [-0.2, -0.15) is 0 Å². The van der Waals surface area contributed by atoms with Crippen molar-refractivity contribution in [3.05, 3.63) is 59.7 Å². The van der Waals surface area contributed by atoms with Gasteiger partial charge < -0.3 is 16.0 Å². The molecular weight excluding hydrogens is 248 g/mol. The molecule has 0 spiro atoms. The molecule has 3 N–H and O–H groups in total. The van der Waals surface area contributed by atoms with Gasteiger partial charge in [-0.3, -0.25) is 4.99 Å².